The Morgan fingerprint density at radius 3 is 2.81 bits per heavy atom. The minimum Gasteiger partial charge on any atom is -0.338 e. The van der Waals surface area contributed by atoms with Crippen molar-refractivity contribution in [1.29, 1.82) is 0 Å². The number of benzene rings is 2. The summed E-state index contributed by atoms with van der Waals surface area (Å²) in [6.45, 7) is 1.29. The van der Waals surface area contributed by atoms with E-state index in [-0.39, 0.29) is 17.0 Å². The molecule has 1 aliphatic rings. The number of aromatic nitrogens is 2. The van der Waals surface area contributed by atoms with Crippen LogP contribution in [0.5, 0.6) is 0 Å². The quantitative estimate of drug-likeness (QED) is 0.678. The second-order valence-corrected chi connectivity index (χ2v) is 7.77. The second-order valence-electron chi connectivity index (χ2n) is 6.46. The number of halogens is 1. The molecule has 1 saturated heterocycles. The number of amides is 1. The van der Waals surface area contributed by atoms with Crippen LogP contribution in [-0.2, 0) is 0 Å². The molecule has 6 heteroatoms. The third kappa shape index (κ3) is 3.90. The minimum atomic E-state index is -0.165. The average molecular weight is 381 g/mol. The Kier molecular flexibility index (Phi) is 5.25. The smallest absolute Gasteiger partial charge is 0.253 e. The molecule has 0 unspecified atom stereocenters. The highest BCUT2D eigenvalue weighted by Crippen LogP contribution is 2.35. The van der Waals surface area contributed by atoms with E-state index < -0.39 is 0 Å². The summed E-state index contributed by atoms with van der Waals surface area (Å²) in [5.74, 6) is 0.643. The van der Waals surface area contributed by atoms with Crippen LogP contribution in [0.1, 0.15) is 27.6 Å². The van der Waals surface area contributed by atoms with Crippen LogP contribution in [0, 0.1) is 5.82 Å². The van der Waals surface area contributed by atoms with Crippen LogP contribution in [-0.4, -0.2) is 39.4 Å². The van der Waals surface area contributed by atoms with Gasteiger partial charge in [0.25, 0.3) is 5.91 Å². The summed E-state index contributed by atoms with van der Waals surface area (Å²) in [5.41, 5.74) is 2.24. The summed E-state index contributed by atoms with van der Waals surface area (Å²) in [6, 6.07) is 16.3. The van der Waals surface area contributed by atoms with Crippen molar-refractivity contribution in [3.8, 4) is 5.69 Å². The Bertz CT molecular complexity index is 929. The predicted molar refractivity (Wildman–Crippen MR) is 106 cm³/mol. The summed E-state index contributed by atoms with van der Waals surface area (Å²) in [7, 11) is 0. The van der Waals surface area contributed by atoms with E-state index in [1.807, 2.05) is 53.6 Å². The Hall–Kier alpha value is -2.60. The largest absolute Gasteiger partial charge is 0.338 e. The van der Waals surface area contributed by atoms with Crippen LogP contribution < -0.4 is 0 Å². The number of nitrogens with zero attached hydrogens (tertiary/aromatic N) is 3. The van der Waals surface area contributed by atoms with E-state index in [2.05, 4.69) is 5.10 Å². The van der Waals surface area contributed by atoms with Gasteiger partial charge in [0, 0.05) is 47.6 Å². The molecule has 1 fully saturated rings. The summed E-state index contributed by atoms with van der Waals surface area (Å²) in [6.07, 6.45) is 4.31. The van der Waals surface area contributed by atoms with Crippen molar-refractivity contribution < 1.29 is 9.18 Å². The Morgan fingerprint density at radius 2 is 2.00 bits per heavy atom. The van der Waals surface area contributed by atoms with Gasteiger partial charge in [-0.3, -0.25) is 4.79 Å². The maximum atomic E-state index is 14.1. The molecule has 0 aliphatic carbocycles. The molecule has 4 nitrogen and oxygen atoms in total. The molecule has 2 aromatic carbocycles. The van der Waals surface area contributed by atoms with Gasteiger partial charge >= 0.3 is 0 Å². The zero-order chi connectivity index (χ0) is 18.6. The van der Waals surface area contributed by atoms with Gasteiger partial charge in [-0.15, -0.1) is 0 Å². The van der Waals surface area contributed by atoms with E-state index in [9.17, 15) is 9.18 Å². The van der Waals surface area contributed by atoms with E-state index >= 15 is 0 Å². The van der Waals surface area contributed by atoms with E-state index in [4.69, 9.17) is 0 Å². The Balaban J connectivity index is 1.49. The fourth-order valence-electron chi connectivity index (χ4n) is 3.34. The molecule has 27 heavy (non-hydrogen) atoms. The monoisotopic (exact) mass is 381 g/mol. The van der Waals surface area contributed by atoms with Gasteiger partial charge in [-0.25, -0.2) is 9.07 Å². The van der Waals surface area contributed by atoms with Crippen LogP contribution in [0.15, 0.2) is 67.0 Å². The van der Waals surface area contributed by atoms with Crippen LogP contribution in [0.25, 0.3) is 5.69 Å². The lowest BCUT2D eigenvalue weighted by molar-refractivity contribution is 0.0766. The van der Waals surface area contributed by atoms with Crippen molar-refractivity contribution in [2.45, 2.75) is 11.7 Å². The maximum Gasteiger partial charge on any atom is 0.253 e. The first-order chi connectivity index (χ1) is 13.2. The van der Waals surface area contributed by atoms with Crippen molar-refractivity contribution in [2.24, 2.45) is 0 Å². The van der Waals surface area contributed by atoms with Crippen molar-refractivity contribution in [3.63, 3.8) is 0 Å². The fourth-order valence-corrected chi connectivity index (χ4v) is 4.60. The second kappa shape index (κ2) is 7.96. The standard InChI is InChI=1S/C21H20FN3OS/c22-19-8-2-1-7-18(19)20-9-12-24(13-14-27-20)21(26)16-5-3-6-17(15-16)25-11-4-10-23-25/h1-8,10-11,15,20H,9,12-14H2/t20-/m0/s1. The van der Waals surface area contributed by atoms with Crippen LogP contribution in [0.4, 0.5) is 4.39 Å². The highest BCUT2D eigenvalue weighted by atomic mass is 32.2. The highest BCUT2D eigenvalue weighted by Gasteiger charge is 2.24. The lowest BCUT2D eigenvalue weighted by atomic mass is 10.1. The summed E-state index contributed by atoms with van der Waals surface area (Å²) >= 11 is 1.72. The molecule has 1 aromatic heterocycles. The molecule has 1 atom stereocenters. The van der Waals surface area contributed by atoms with Crippen molar-refractivity contribution >= 4 is 17.7 Å². The fraction of sp³-hybridized carbons (Fsp3) is 0.238. The zero-order valence-corrected chi connectivity index (χ0v) is 15.6. The van der Waals surface area contributed by atoms with E-state index in [0.717, 1.165) is 23.4 Å². The van der Waals surface area contributed by atoms with Crippen molar-refractivity contribution in [1.82, 2.24) is 14.7 Å². The molecule has 4 rings (SSSR count). The molecule has 0 saturated carbocycles. The number of thioether (sulfide) groups is 1. The average Bonchev–Trinajstić information content (AvgIpc) is 3.13. The van der Waals surface area contributed by atoms with Crippen LogP contribution in [0.2, 0.25) is 0 Å². The predicted octanol–water partition coefficient (Wildman–Crippen LogP) is 4.33. The normalized spacial score (nSPS) is 17.5. The molecule has 3 aromatic rings. The van der Waals surface area contributed by atoms with Gasteiger partial charge in [0.15, 0.2) is 0 Å². The first-order valence-electron chi connectivity index (χ1n) is 8.98. The Labute approximate surface area is 162 Å². The van der Waals surface area contributed by atoms with Gasteiger partial charge in [0.1, 0.15) is 5.82 Å². The first-order valence-corrected chi connectivity index (χ1v) is 10.0. The zero-order valence-electron chi connectivity index (χ0n) is 14.8. The van der Waals surface area contributed by atoms with Crippen LogP contribution in [0.3, 0.4) is 0 Å². The molecule has 1 amide bonds. The van der Waals surface area contributed by atoms with Gasteiger partial charge in [0.2, 0.25) is 0 Å². The number of carbonyl (C=O) groups excluding carboxylic acids is 1. The number of rotatable bonds is 3. The lowest BCUT2D eigenvalue weighted by Crippen LogP contribution is -2.33. The van der Waals surface area contributed by atoms with Crippen molar-refractivity contribution in [3.05, 3.63) is 83.9 Å². The molecule has 0 radical (unpaired) electrons. The number of hydrogen-bond donors (Lipinski definition) is 0. The molecule has 0 spiro atoms. The molecular weight excluding hydrogens is 361 g/mol. The third-order valence-electron chi connectivity index (χ3n) is 4.74. The van der Waals surface area contributed by atoms with E-state index in [0.29, 0.717) is 18.7 Å². The van der Waals surface area contributed by atoms with Gasteiger partial charge in [-0.1, -0.05) is 24.3 Å². The lowest BCUT2D eigenvalue weighted by Gasteiger charge is -2.21. The Morgan fingerprint density at radius 1 is 1.11 bits per heavy atom. The van der Waals surface area contributed by atoms with E-state index in [1.165, 1.54) is 6.07 Å². The third-order valence-corrected chi connectivity index (χ3v) is 6.05. The van der Waals surface area contributed by atoms with E-state index in [1.54, 1.807) is 28.7 Å². The number of carbonyl (C=O) groups is 1. The maximum absolute atomic E-state index is 14.1. The number of hydrogen-bond acceptors (Lipinski definition) is 3. The van der Waals surface area contributed by atoms with Gasteiger partial charge in [0.05, 0.1) is 5.69 Å². The molecule has 138 valence electrons. The first kappa shape index (κ1) is 17.8. The molecule has 0 N–H and O–H groups in total. The topological polar surface area (TPSA) is 38.1 Å². The minimum absolute atomic E-state index is 0.0128. The molecular formula is C21H20FN3OS. The van der Waals surface area contributed by atoms with Gasteiger partial charge in [-0.05, 0) is 36.8 Å². The summed E-state index contributed by atoms with van der Waals surface area (Å²) in [5, 5.41) is 4.30. The molecule has 1 aliphatic heterocycles. The summed E-state index contributed by atoms with van der Waals surface area (Å²) in [4.78, 5) is 14.9. The molecule has 2 heterocycles. The van der Waals surface area contributed by atoms with Gasteiger partial charge < -0.3 is 4.90 Å². The summed E-state index contributed by atoms with van der Waals surface area (Å²) < 4.78 is 15.8. The highest BCUT2D eigenvalue weighted by molar-refractivity contribution is 7.99. The van der Waals surface area contributed by atoms with Crippen LogP contribution >= 0.6 is 11.8 Å². The van der Waals surface area contributed by atoms with Gasteiger partial charge in [-0.2, -0.15) is 16.9 Å². The molecule has 0 bridgehead atoms. The SMILES string of the molecule is O=C(c1cccc(-n2cccn2)c1)N1CCS[C@H](c2ccccc2F)CC1. The van der Waals surface area contributed by atoms with Crippen molar-refractivity contribution in [2.75, 3.05) is 18.8 Å².